The number of nitrogens with one attached hydrogen (secondary N) is 1. The predicted molar refractivity (Wildman–Crippen MR) is 86.5 cm³/mol. The second-order valence-corrected chi connectivity index (χ2v) is 5.46. The maximum Gasteiger partial charge on any atom is 0.422 e. The lowest BCUT2D eigenvalue weighted by atomic mass is 10.2. The lowest BCUT2D eigenvalue weighted by Gasteiger charge is -2.11. The van der Waals surface area contributed by atoms with Gasteiger partial charge in [-0.25, -0.2) is 0 Å². The molecule has 0 amide bonds. The first-order chi connectivity index (χ1) is 11.8. The molecule has 0 unspecified atom stereocenters. The second kappa shape index (κ2) is 6.60. The first kappa shape index (κ1) is 17.0. The van der Waals surface area contributed by atoms with Crippen molar-refractivity contribution >= 4 is 12.2 Å². The molecule has 9 heteroatoms. The van der Waals surface area contributed by atoms with Gasteiger partial charge in [0.25, 0.3) is 5.56 Å². The van der Waals surface area contributed by atoms with E-state index in [4.69, 9.17) is 16.6 Å². The van der Waals surface area contributed by atoms with E-state index >= 15 is 0 Å². The van der Waals surface area contributed by atoms with Crippen molar-refractivity contribution in [3.8, 4) is 22.7 Å². The van der Waals surface area contributed by atoms with Gasteiger partial charge in [-0.2, -0.15) is 13.2 Å². The van der Waals surface area contributed by atoms with Gasteiger partial charge < -0.3 is 14.1 Å². The van der Waals surface area contributed by atoms with E-state index in [-0.39, 0.29) is 16.1 Å². The van der Waals surface area contributed by atoms with Gasteiger partial charge in [0, 0.05) is 11.6 Å². The van der Waals surface area contributed by atoms with Crippen LogP contribution in [0.4, 0.5) is 13.2 Å². The maximum absolute atomic E-state index is 12.4. The Morgan fingerprint density at radius 3 is 2.48 bits per heavy atom. The van der Waals surface area contributed by atoms with Crippen molar-refractivity contribution in [3.63, 3.8) is 0 Å². The molecule has 0 spiro atoms. The van der Waals surface area contributed by atoms with Gasteiger partial charge in [0.2, 0.25) is 0 Å². The largest absolute Gasteiger partial charge is 0.484 e. The molecule has 3 aromatic rings. The average molecular weight is 368 g/mol. The highest BCUT2D eigenvalue weighted by Crippen LogP contribution is 2.20. The van der Waals surface area contributed by atoms with Gasteiger partial charge >= 0.3 is 6.18 Å². The van der Waals surface area contributed by atoms with Crippen LogP contribution in [0.3, 0.4) is 0 Å². The Kier molecular flexibility index (Phi) is 4.49. The van der Waals surface area contributed by atoms with E-state index in [2.05, 4.69) is 9.72 Å². The fraction of sp³-hybridized carbons (Fsp3) is 0.125. The lowest BCUT2D eigenvalue weighted by Crippen LogP contribution is -2.20. The van der Waals surface area contributed by atoms with E-state index in [1.807, 2.05) is 0 Å². The topological polar surface area (TPSA) is 60.2 Å². The molecule has 5 nitrogen and oxygen atoms in total. The number of benzene rings is 1. The molecular formula is C16H11F3N2O3S. The summed E-state index contributed by atoms with van der Waals surface area (Å²) < 4.78 is 47.4. The molecule has 0 atom stereocenters. The van der Waals surface area contributed by atoms with Gasteiger partial charge in [-0.05, 0) is 42.5 Å². The third-order valence-electron chi connectivity index (χ3n) is 3.26. The van der Waals surface area contributed by atoms with Gasteiger partial charge in [-0.3, -0.25) is 9.36 Å². The summed E-state index contributed by atoms with van der Waals surface area (Å²) in [6.45, 7) is -1.38. The zero-order chi connectivity index (χ0) is 18.0. The number of aromatic nitrogens is 2. The van der Waals surface area contributed by atoms with Crippen LogP contribution >= 0.6 is 12.2 Å². The number of hydrogen-bond donors (Lipinski definition) is 1. The quantitative estimate of drug-likeness (QED) is 0.705. The third kappa shape index (κ3) is 4.00. The van der Waals surface area contributed by atoms with Crippen molar-refractivity contribution in [1.82, 2.24) is 9.55 Å². The molecule has 0 saturated carbocycles. The number of halogens is 3. The van der Waals surface area contributed by atoms with Gasteiger partial charge in [0.1, 0.15) is 5.75 Å². The minimum atomic E-state index is -4.42. The highest BCUT2D eigenvalue weighted by Gasteiger charge is 2.28. The number of hydrogen-bond acceptors (Lipinski definition) is 4. The van der Waals surface area contributed by atoms with E-state index in [9.17, 15) is 18.0 Å². The van der Waals surface area contributed by atoms with Crippen molar-refractivity contribution in [1.29, 1.82) is 0 Å². The van der Waals surface area contributed by atoms with Crippen molar-refractivity contribution in [3.05, 3.63) is 64.0 Å². The Bertz CT molecular complexity index is 942. The number of rotatable bonds is 4. The number of alkyl halides is 3. The summed E-state index contributed by atoms with van der Waals surface area (Å²) in [6.07, 6.45) is -1.48. The fourth-order valence-corrected chi connectivity index (χ4v) is 2.47. The molecule has 3 rings (SSSR count). The predicted octanol–water partition coefficient (Wildman–Crippen LogP) is 4.10. The maximum atomic E-state index is 12.4. The molecule has 0 fully saturated rings. The molecule has 0 saturated heterocycles. The van der Waals surface area contributed by atoms with E-state index in [0.29, 0.717) is 16.9 Å². The zero-order valence-electron chi connectivity index (χ0n) is 12.5. The summed E-state index contributed by atoms with van der Waals surface area (Å²) in [5, 5.41) is 0. The summed E-state index contributed by atoms with van der Waals surface area (Å²) in [5.41, 5.74) is 1.20. The zero-order valence-corrected chi connectivity index (χ0v) is 13.4. The molecule has 130 valence electrons. The smallest absolute Gasteiger partial charge is 0.422 e. The summed E-state index contributed by atoms with van der Waals surface area (Å²) in [7, 11) is 0. The Labute approximate surface area is 144 Å². The molecule has 0 radical (unpaired) electrons. The van der Waals surface area contributed by atoms with Crippen LogP contribution in [0.25, 0.3) is 16.9 Å². The molecule has 25 heavy (non-hydrogen) atoms. The van der Waals surface area contributed by atoms with E-state index in [1.54, 1.807) is 6.07 Å². The number of aromatic amines is 1. The Morgan fingerprint density at radius 2 is 1.92 bits per heavy atom. The molecular weight excluding hydrogens is 357 g/mol. The SMILES string of the molecule is O=c1cc(-c2ccoc2)[nH]c(=S)n1-c1ccc(OCC(F)(F)F)cc1. The van der Waals surface area contributed by atoms with E-state index in [0.717, 1.165) is 0 Å². The standard InChI is InChI=1S/C16H11F3N2O3S/c17-16(18,19)9-24-12-3-1-11(2-4-12)21-14(22)7-13(20-15(21)25)10-5-6-23-8-10/h1-8H,9H2,(H,20,25). The number of ether oxygens (including phenoxy) is 1. The van der Waals surface area contributed by atoms with Gasteiger partial charge in [0.15, 0.2) is 11.4 Å². The van der Waals surface area contributed by atoms with E-state index < -0.39 is 12.8 Å². The fourth-order valence-electron chi connectivity index (χ4n) is 2.17. The Balaban J connectivity index is 1.89. The van der Waals surface area contributed by atoms with Crippen molar-refractivity contribution in [2.75, 3.05) is 6.61 Å². The molecule has 0 aliphatic rings. The molecule has 2 heterocycles. The van der Waals surface area contributed by atoms with Crippen LogP contribution in [0.1, 0.15) is 0 Å². The van der Waals surface area contributed by atoms with Crippen LogP contribution in [0, 0.1) is 4.77 Å². The Hall–Kier alpha value is -2.81. The minimum Gasteiger partial charge on any atom is -0.484 e. The van der Waals surface area contributed by atoms with Crippen molar-refractivity contribution in [2.24, 2.45) is 0 Å². The number of furan rings is 1. The molecule has 2 aromatic heterocycles. The van der Waals surface area contributed by atoms with Gasteiger partial charge in [-0.1, -0.05) is 0 Å². The van der Waals surface area contributed by atoms with Gasteiger partial charge in [-0.15, -0.1) is 0 Å². The number of nitrogens with zero attached hydrogens (tertiary/aromatic N) is 1. The summed E-state index contributed by atoms with van der Waals surface area (Å²) in [6, 6.07) is 8.62. The van der Waals surface area contributed by atoms with Crippen LogP contribution in [-0.4, -0.2) is 22.3 Å². The molecule has 1 N–H and O–H groups in total. The monoisotopic (exact) mass is 368 g/mol. The first-order valence-corrected chi connectivity index (χ1v) is 7.43. The Morgan fingerprint density at radius 1 is 1.20 bits per heavy atom. The number of H-pyrrole nitrogens is 1. The van der Waals surface area contributed by atoms with Crippen LogP contribution in [0.2, 0.25) is 0 Å². The minimum absolute atomic E-state index is 0.0408. The highest BCUT2D eigenvalue weighted by atomic mass is 32.1. The summed E-state index contributed by atoms with van der Waals surface area (Å²) >= 11 is 5.21. The van der Waals surface area contributed by atoms with Crippen molar-refractivity contribution in [2.45, 2.75) is 6.18 Å². The van der Waals surface area contributed by atoms with Gasteiger partial charge in [0.05, 0.1) is 23.9 Å². The molecule has 0 aliphatic heterocycles. The second-order valence-electron chi connectivity index (χ2n) is 5.07. The average Bonchev–Trinajstić information content (AvgIpc) is 3.07. The summed E-state index contributed by atoms with van der Waals surface area (Å²) in [4.78, 5) is 15.3. The molecule has 1 aromatic carbocycles. The van der Waals surface area contributed by atoms with Crippen LogP contribution in [0.15, 0.2) is 58.1 Å². The normalized spacial score (nSPS) is 11.5. The van der Waals surface area contributed by atoms with Crippen LogP contribution < -0.4 is 10.3 Å². The molecule has 0 aliphatic carbocycles. The van der Waals surface area contributed by atoms with Crippen molar-refractivity contribution < 1.29 is 22.3 Å². The van der Waals surface area contributed by atoms with Crippen LogP contribution in [-0.2, 0) is 0 Å². The first-order valence-electron chi connectivity index (χ1n) is 7.02. The van der Waals surface area contributed by atoms with Crippen LogP contribution in [0.5, 0.6) is 5.75 Å². The van der Waals surface area contributed by atoms with E-state index in [1.165, 1.54) is 47.4 Å². The lowest BCUT2D eigenvalue weighted by molar-refractivity contribution is -0.153. The molecule has 0 bridgehead atoms. The summed E-state index contributed by atoms with van der Waals surface area (Å²) in [5.74, 6) is 0.0408. The third-order valence-corrected chi connectivity index (χ3v) is 3.55. The highest BCUT2D eigenvalue weighted by molar-refractivity contribution is 7.71.